The highest BCUT2D eigenvalue weighted by Crippen LogP contribution is 2.30. The summed E-state index contributed by atoms with van der Waals surface area (Å²) in [5, 5.41) is 13.2. The first-order valence-corrected chi connectivity index (χ1v) is 6.58. The Hall–Kier alpha value is -1.96. The molecule has 0 fully saturated rings. The number of benzene rings is 2. The first-order valence-electron chi connectivity index (χ1n) is 6.58. The van der Waals surface area contributed by atoms with E-state index in [4.69, 9.17) is 0 Å². The van der Waals surface area contributed by atoms with Gasteiger partial charge in [-0.3, -0.25) is 0 Å². The molecule has 0 aliphatic carbocycles. The zero-order valence-electron chi connectivity index (χ0n) is 11.8. The van der Waals surface area contributed by atoms with Gasteiger partial charge in [0.25, 0.3) is 0 Å². The fourth-order valence-electron chi connectivity index (χ4n) is 1.94. The molecule has 19 heavy (non-hydrogen) atoms. The molecule has 2 N–H and O–H groups in total. The molecule has 2 rings (SSSR count). The second kappa shape index (κ2) is 5.35. The van der Waals surface area contributed by atoms with Crippen molar-refractivity contribution in [2.45, 2.75) is 32.7 Å². The molecule has 0 heterocycles. The molecule has 2 heteroatoms. The van der Waals surface area contributed by atoms with Crippen molar-refractivity contribution >= 4 is 5.69 Å². The van der Waals surface area contributed by atoms with Gasteiger partial charge in [-0.25, -0.2) is 0 Å². The molecule has 0 unspecified atom stereocenters. The number of rotatable bonds is 3. The van der Waals surface area contributed by atoms with Gasteiger partial charge >= 0.3 is 0 Å². The van der Waals surface area contributed by atoms with E-state index >= 15 is 0 Å². The smallest absolute Gasteiger partial charge is 0.138 e. The van der Waals surface area contributed by atoms with Crippen LogP contribution in [-0.4, -0.2) is 5.11 Å². The number of phenolic OH excluding ortho intramolecular Hbond substituents is 1. The SMILES string of the molecule is CC(C)(C)c1ccc(O)c(NCc2ccccc2)c1. The molecular formula is C17H21NO. The molecule has 0 spiro atoms. The van der Waals surface area contributed by atoms with Crippen LogP contribution < -0.4 is 5.32 Å². The van der Waals surface area contributed by atoms with Crippen molar-refractivity contribution in [2.75, 3.05) is 5.32 Å². The van der Waals surface area contributed by atoms with Crippen LogP contribution in [0.25, 0.3) is 0 Å². The van der Waals surface area contributed by atoms with Gasteiger partial charge in [-0.1, -0.05) is 57.2 Å². The van der Waals surface area contributed by atoms with E-state index in [-0.39, 0.29) is 5.41 Å². The minimum absolute atomic E-state index is 0.0802. The Morgan fingerprint density at radius 1 is 1.00 bits per heavy atom. The largest absolute Gasteiger partial charge is 0.506 e. The first kappa shape index (κ1) is 13.5. The van der Waals surface area contributed by atoms with E-state index in [1.165, 1.54) is 11.1 Å². The van der Waals surface area contributed by atoms with Crippen molar-refractivity contribution in [2.24, 2.45) is 0 Å². The third-order valence-corrected chi connectivity index (χ3v) is 3.19. The van der Waals surface area contributed by atoms with Crippen molar-refractivity contribution in [1.82, 2.24) is 0 Å². The lowest BCUT2D eigenvalue weighted by Gasteiger charge is -2.20. The maximum atomic E-state index is 9.92. The zero-order chi connectivity index (χ0) is 13.9. The lowest BCUT2D eigenvalue weighted by atomic mass is 9.87. The normalized spacial score (nSPS) is 11.3. The van der Waals surface area contributed by atoms with Crippen LogP contribution in [0.2, 0.25) is 0 Å². The van der Waals surface area contributed by atoms with Gasteiger partial charge in [0, 0.05) is 6.54 Å². The Morgan fingerprint density at radius 3 is 2.32 bits per heavy atom. The number of hydrogen-bond donors (Lipinski definition) is 2. The molecule has 0 aromatic heterocycles. The lowest BCUT2D eigenvalue weighted by molar-refractivity contribution is 0.476. The van der Waals surface area contributed by atoms with Gasteiger partial charge in [0.15, 0.2) is 0 Å². The summed E-state index contributed by atoms with van der Waals surface area (Å²) >= 11 is 0. The Balaban J connectivity index is 2.16. The maximum absolute atomic E-state index is 9.92. The molecule has 2 aromatic carbocycles. The van der Waals surface area contributed by atoms with Crippen LogP contribution in [0.1, 0.15) is 31.9 Å². The molecule has 0 atom stereocenters. The number of aromatic hydroxyl groups is 1. The summed E-state index contributed by atoms with van der Waals surface area (Å²) in [5.74, 6) is 0.295. The molecule has 0 radical (unpaired) electrons. The summed E-state index contributed by atoms with van der Waals surface area (Å²) < 4.78 is 0. The van der Waals surface area contributed by atoms with E-state index in [0.29, 0.717) is 12.3 Å². The van der Waals surface area contributed by atoms with Crippen LogP contribution >= 0.6 is 0 Å². The van der Waals surface area contributed by atoms with E-state index in [9.17, 15) is 5.11 Å². The maximum Gasteiger partial charge on any atom is 0.138 e. The van der Waals surface area contributed by atoms with Crippen LogP contribution in [0, 0.1) is 0 Å². The van der Waals surface area contributed by atoms with E-state index in [1.54, 1.807) is 6.07 Å². The monoisotopic (exact) mass is 255 g/mol. The zero-order valence-corrected chi connectivity index (χ0v) is 11.8. The van der Waals surface area contributed by atoms with Gasteiger partial charge in [0.2, 0.25) is 0 Å². The molecule has 0 amide bonds. The van der Waals surface area contributed by atoms with Crippen molar-refractivity contribution in [3.63, 3.8) is 0 Å². The van der Waals surface area contributed by atoms with Crippen LogP contribution in [0.4, 0.5) is 5.69 Å². The topological polar surface area (TPSA) is 32.3 Å². The van der Waals surface area contributed by atoms with Crippen molar-refractivity contribution in [1.29, 1.82) is 0 Å². The fourth-order valence-corrected chi connectivity index (χ4v) is 1.94. The fraction of sp³-hybridized carbons (Fsp3) is 0.294. The number of phenols is 1. The Bertz CT molecular complexity index is 541. The highest BCUT2D eigenvalue weighted by atomic mass is 16.3. The van der Waals surface area contributed by atoms with Crippen LogP contribution in [0.5, 0.6) is 5.75 Å². The van der Waals surface area contributed by atoms with E-state index < -0.39 is 0 Å². The summed E-state index contributed by atoms with van der Waals surface area (Å²) in [4.78, 5) is 0. The van der Waals surface area contributed by atoms with Crippen LogP contribution in [0.15, 0.2) is 48.5 Å². The van der Waals surface area contributed by atoms with Crippen molar-refractivity contribution in [3.05, 3.63) is 59.7 Å². The van der Waals surface area contributed by atoms with E-state index in [2.05, 4.69) is 38.2 Å². The summed E-state index contributed by atoms with van der Waals surface area (Å²) in [6, 6.07) is 15.9. The van der Waals surface area contributed by atoms with E-state index in [0.717, 1.165) is 5.69 Å². The summed E-state index contributed by atoms with van der Waals surface area (Å²) in [5.41, 5.74) is 3.27. The second-order valence-corrected chi connectivity index (χ2v) is 5.82. The predicted octanol–water partition coefficient (Wildman–Crippen LogP) is 4.30. The predicted molar refractivity (Wildman–Crippen MR) is 80.6 cm³/mol. The lowest BCUT2D eigenvalue weighted by Crippen LogP contribution is -2.11. The number of anilines is 1. The molecule has 2 nitrogen and oxygen atoms in total. The Morgan fingerprint density at radius 2 is 1.68 bits per heavy atom. The number of hydrogen-bond acceptors (Lipinski definition) is 2. The quantitative estimate of drug-likeness (QED) is 0.801. The third kappa shape index (κ3) is 3.50. The Labute approximate surface area is 115 Å². The minimum Gasteiger partial charge on any atom is -0.506 e. The molecular weight excluding hydrogens is 234 g/mol. The van der Waals surface area contributed by atoms with Crippen LogP contribution in [0.3, 0.4) is 0 Å². The number of nitrogens with one attached hydrogen (secondary N) is 1. The highest BCUT2D eigenvalue weighted by Gasteiger charge is 2.15. The van der Waals surface area contributed by atoms with Gasteiger partial charge < -0.3 is 10.4 Å². The van der Waals surface area contributed by atoms with Gasteiger partial charge in [0.05, 0.1) is 5.69 Å². The molecule has 100 valence electrons. The second-order valence-electron chi connectivity index (χ2n) is 5.82. The molecule has 0 saturated carbocycles. The highest BCUT2D eigenvalue weighted by molar-refractivity contribution is 5.58. The van der Waals surface area contributed by atoms with Gasteiger partial charge in [-0.2, -0.15) is 0 Å². The standard InChI is InChI=1S/C17H21NO/c1-17(2,3)14-9-10-16(19)15(11-14)18-12-13-7-5-4-6-8-13/h4-11,18-19H,12H2,1-3H3. The summed E-state index contributed by atoms with van der Waals surface area (Å²) in [6.07, 6.45) is 0. The average molecular weight is 255 g/mol. The molecule has 0 aliphatic rings. The summed E-state index contributed by atoms with van der Waals surface area (Å²) in [7, 11) is 0. The average Bonchev–Trinajstić information content (AvgIpc) is 2.37. The first-order chi connectivity index (χ1) is 8.97. The molecule has 0 saturated heterocycles. The van der Waals surface area contributed by atoms with Gasteiger partial charge in [0.1, 0.15) is 5.75 Å². The molecule has 0 bridgehead atoms. The van der Waals surface area contributed by atoms with E-state index in [1.807, 2.05) is 30.3 Å². The molecule has 2 aromatic rings. The van der Waals surface area contributed by atoms with Gasteiger partial charge in [-0.15, -0.1) is 0 Å². The Kier molecular flexibility index (Phi) is 3.79. The van der Waals surface area contributed by atoms with Crippen molar-refractivity contribution in [3.8, 4) is 5.75 Å². The van der Waals surface area contributed by atoms with Crippen LogP contribution in [-0.2, 0) is 12.0 Å². The summed E-state index contributed by atoms with van der Waals surface area (Å²) in [6.45, 7) is 7.21. The minimum atomic E-state index is 0.0802. The van der Waals surface area contributed by atoms with Gasteiger partial charge in [-0.05, 0) is 28.7 Å². The molecule has 0 aliphatic heterocycles. The van der Waals surface area contributed by atoms with Crippen molar-refractivity contribution < 1.29 is 5.11 Å². The third-order valence-electron chi connectivity index (χ3n) is 3.19.